The first-order chi connectivity index (χ1) is 12.0. The van der Waals surface area contributed by atoms with Crippen molar-refractivity contribution in [3.63, 3.8) is 0 Å². The second-order valence-corrected chi connectivity index (χ2v) is 6.31. The summed E-state index contributed by atoms with van der Waals surface area (Å²) in [6.07, 6.45) is 1.06. The first kappa shape index (κ1) is 17.2. The van der Waals surface area contributed by atoms with Gasteiger partial charge in [0.15, 0.2) is 5.78 Å². The Morgan fingerprint density at radius 1 is 1.00 bits per heavy atom. The van der Waals surface area contributed by atoms with Crippen molar-refractivity contribution < 1.29 is 19.5 Å². The number of carboxylic acids is 1. The van der Waals surface area contributed by atoms with E-state index in [1.807, 2.05) is 0 Å². The van der Waals surface area contributed by atoms with Crippen LogP contribution in [0.25, 0.3) is 0 Å². The van der Waals surface area contributed by atoms with E-state index in [9.17, 15) is 19.5 Å². The summed E-state index contributed by atoms with van der Waals surface area (Å²) in [4.78, 5) is 38.3. The van der Waals surface area contributed by atoms with Crippen LogP contribution in [0.15, 0.2) is 48.5 Å². The molecule has 1 atom stereocenters. The molecule has 0 saturated carbocycles. The van der Waals surface area contributed by atoms with Crippen LogP contribution in [0, 0.1) is 0 Å². The highest BCUT2D eigenvalue weighted by Crippen LogP contribution is 2.23. The van der Waals surface area contributed by atoms with Gasteiger partial charge in [0.25, 0.3) is 5.91 Å². The quantitative estimate of drug-likeness (QED) is 0.852. The number of hydrogen-bond acceptors (Lipinski definition) is 3. The molecule has 0 unspecified atom stereocenters. The van der Waals surface area contributed by atoms with Gasteiger partial charge in [-0.2, -0.15) is 0 Å². The summed E-state index contributed by atoms with van der Waals surface area (Å²) in [5.74, 6) is -1.75. The van der Waals surface area contributed by atoms with E-state index in [1.54, 1.807) is 48.5 Å². The highest BCUT2D eigenvalue weighted by molar-refractivity contribution is 6.30. The van der Waals surface area contributed by atoms with Crippen molar-refractivity contribution in [3.8, 4) is 0 Å². The van der Waals surface area contributed by atoms with Crippen molar-refractivity contribution in [2.75, 3.05) is 6.54 Å². The van der Waals surface area contributed by atoms with E-state index in [4.69, 9.17) is 11.6 Å². The molecule has 1 N–H and O–H groups in total. The first-order valence-electron chi connectivity index (χ1n) is 7.92. The molecule has 25 heavy (non-hydrogen) atoms. The third-order valence-corrected chi connectivity index (χ3v) is 4.56. The number of likely N-dealkylation sites (tertiary alicyclic amines) is 1. The molecular weight excluding hydrogens is 342 g/mol. The Morgan fingerprint density at radius 2 is 1.64 bits per heavy atom. The molecule has 1 saturated heterocycles. The summed E-state index contributed by atoms with van der Waals surface area (Å²) in [5, 5.41) is 9.80. The molecule has 1 heterocycles. The van der Waals surface area contributed by atoms with Gasteiger partial charge in [0.1, 0.15) is 6.04 Å². The van der Waals surface area contributed by atoms with Gasteiger partial charge in [-0.1, -0.05) is 29.8 Å². The molecular formula is C19H16ClNO4. The maximum absolute atomic E-state index is 12.9. The number of amides is 1. The molecule has 0 spiro atoms. The monoisotopic (exact) mass is 357 g/mol. The smallest absolute Gasteiger partial charge is 0.326 e. The van der Waals surface area contributed by atoms with Gasteiger partial charge in [0.05, 0.1) is 5.56 Å². The van der Waals surface area contributed by atoms with Crippen molar-refractivity contribution in [2.45, 2.75) is 18.9 Å². The lowest BCUT2D eigenvalue weighted by Gasteiger charge is -2.22. The Bertz CT molecular complexity index is 832. The minimum atomic E-state index is -1.02. The lowest BCUT2D eigenvalue weighted by atomic mass is 9.97. The van der Waals surface area contributed by atoms with Gasteiger partial charge in [-0.25, -0.2) is 4.79 Å². The van der Waals surface area contributed by atoms with Crippen LogP contribution in [-0.2, 0) is 4.79 Å². The van der Waals surface area contributed by atoms with E-state index in [2.05, 4.69) is 0 Å². The average molecular weight is 358 g/mol. The highest BCUT2D eigenvalue weighted by atomic mass is 35.5. The maximum atomic E-state index is 12.9. The third kappa shape index (κ3) is 3.42. The molecule has 128 valence electrons. The minimum absolute atomic E-state index is 0.218. The fourth-order valence-electron chi connectivity index (χ4n) is 3.05. The van der Waals surface area contributed by atoms with Crippen molar-refractivity contribution in [1.29, 1.82) is 0 Å². The van der Waals surface area contributed by atoms with Gasteiger partial charge in [-0.05, 0) is 43.2 Å². The van der Waals surface area contributed by atoms with Crippen molar-refractivity contribution in [3.05, 3.63) is 70.2 Å². The zero-order valence-corrected chi connectivity index (χ0v) is 14.1. The summed E-state index contributed by atoms with van der Waals surface area (Å²) < 4.78 is 0. The normalized spacial score (nSPS) is 16.7. The number of benzene rings is 2. The predicted octanol–water partition coefficient (Wildman–Crippen LogP) is 3.26. The Hall–Kier alpha value is -2.66. The summed E-state index contributed by atoms with van der Waals surface area (Å²) in [5.41, 5.74) is 0.891. The van der Waals surface area contributed by atoms with Crippen LogP contribution in [0.5, 0.6) is 0 Å². The van der Waals surface area contributed by atoms with Crippen LogP contribution < -0.4 is 0 Å². The molecule has 1 amide bonds. The van der Waals surface area contributed by atoms with E-state index < -0.39 is 17.9 Å². The first-order valence-corrected chi connectivity index (χ1v) is 8.30. The third-order valence-electron chi connectivity index (χ3n) is 4.31. The van der Waals surface area contributed by atoms with Gasteiger partial charge in [0.2, 0.25) is 0 Å². The topological polar surface area (TPSA) is 74.7 Å². The van der Waals surface area contributed by atoms with E-state index in [0.717, 1.165) is 0 Å². The Labute approximate surface area is 149 Å². The number of carboxylic acid groups (broad SMARTS) is 1. The Kier molecular flexibility index (Phi) is 4.86. The van der Waals surface area contributed by atoms with E-state index in [-0.39, 0.29) is 16.9 Å². The number of halogens is 1. The second-order valence-electron chi connectivity index (χ2n) is 5.88. The SMILES string of the molecule is O=C(c1ccc(Cl)cc1)c1ccccc1C(=O)N1CCC[C@H]1C(=O)O. The van der Waals surface area contributed by atoms with Crippen LogP contribution in [-0.4, -0.2) is 40.3 Å². The van der Waals surface area contributed by atoms with Crippen LogP contribution >= 0.6 is 11.6 Å². The fourth-order valence-corrected chi connectivity index (χ4v) is 3.17. The molecule has 2 aromatic rings. The van der Waals surface area contributed by atoms with Crippen LogP contribution in [0.3, 0.4) is 0 Å². The van der Waals surface area contributed by atoms with Gasteiger partial charge < -0.3 is 10.0 Å². The summed E-state index contributed by atoms with van der Waals surface area (Å²) >= 11 is 5.85. The van der Waals surface area contributed by atoms with Crippen LogP contribution in [0.1, 0.15) is 39.1 Å². The molecule has 0 bridgehead atoms. The lowest BCUT2D eigenvalue weighted by molar-refractivity contribution is -0.141. The second kappa shape index (κ2) is 7.07. The molecule has 1 aliphatic heterocycles. The van der Waals surface area contributed by atoms with E-state index in [1.165, 1.54) is 4.90 Å². The summed E-state index contributed by atoms with van der Waals surface area (Å²) in [6.45, 7) is 0.374. The van der Waals surface area contributed by atoms with Gasteiger partial charge in [0, 0.05) is 22.7 Å². The summed E-state index contributed by atoms with van der Waals surface area (Å²) in [7, 11) is 0. The van der Waals surface area contributed by atoms with Gasteiger partial charge >= 0.3 is 5.97 Å². The van der Waals surface area contributed by atoms with Crippen molar-refractivity contribution in [2.24, 2.45) is 0 Å². The number of ketones is 1. The number of carbonyl (C=O) groups is 3. The van der Waals surface area contributed by atoms with Crippen molar-refractivity contribution >= 4 is 29.3 Å². The minimum Gasteiger partial charge on any atom is -0.480 e. The van der Waals surface area contributed by atoms with Gasteiger partial charge in [-0.3, -0.25) is 9.59 Å². The Morgan fingerprint density at radius 3 is 2.28 bits per heavy atom. The number of nitrogens with zero attached hydrogens (tertiary/aromatic N) is 1. The number of aliphatic carboxylic acids is 1. The van der Waals surface area contributed by atoms with Crippen LogP contribution in [0.4, 0.5) is 0 Å². The van der Waals surface area contributed by atoms with Crippen molar-refractivity contribution in [1.82, 2.24) is 4.90 Å². The number of carbonyl (C=O) groups excluding carboxylic acids is 2. The molecule has 3 rings (SSSR count). The molecule has 1 aliphatic rings. The lowest BCUT2D eigenvalue weighted by Crippen LogP contribution is -2.40. The molecule has 0 aromatic heterocycles. The summed E-state index contributed by atoms with van der Waals surface area (Å²) in [6, 6.07) is 12.1. The van der Waals surface area contributed by atoms with Crippen LogP contribution in [0.2, 0.25) is 5.02 Å². The van der Waals surface area contributed by atoms with Gasteiger partial charge in [-0.15, -0.1) is 0 Å². The number of rotatable bonds is 4. The molecule has 5 nitrogen and oxygen atoms in total. The molecule has 0 aliphatic carbocycles. The highest BCUT2D eigenvalue weighted by Gasteiger charge is 2.35. The fraction of sp³-hybridized carbons (Fsp3) is 0.211. The Balaban J connectivity index is 1.96. The molecule has 2 aromatic carbocycles. The molecule has 1 fully saturated rings. The predicted molar refractivity (Wildman–Crippen MR) is 93.0 cm³/mol. The standard InChI is InChI=1S/C19H16ClNO4/c20-13-9-7-12(8-10-13)17(22)14-4-1-2-5-15(14)18(23)21-11-3-6-16(21)19(24)25/h1-2,4-5,7-10,16H,3,6,11H2,(H,24,25)/t16-/m0/s1. The average Bonchev–Trinajstić information content (AvgIpc) is 3.11. The zero-order valence-electron chi connectivity index (χ0n) is 13.3. The number of hydrogen-bond donors (Lipinski definition) is 1. The molecule has 0 radical (unpaired) electrons. The van der Waals surface area contributed by atoms with E-state index in [0.29, 0.717) is 30.0 Å². The maximum Gasteiger partial charge on any atom is 0.326 e. The largest absolute Gasteiger partial charge is 0.480 e. The zero-order chi connectivity index (χ0) is 18.0. The molecule has 6 heteroatoms. The van der Waals surface area contributed by atoms with E-state index >= 15 is 0 Å².